The van der Waals surface area contributed by atoms with E-state index in [-0.39, 0.29) is 11.5 Å². The molecule has 1 heterocycles. The summed E-state index contributed by atoms with van der Waals surface area (Å²) in [6.07, 6.45) is 3.38. The van der Waals surface area contributed by atoms with Crippen molar-refractivity contribution in [3.63, 3.8) is 0 Å². The van der Waals surface area contributed by atoms with E-state index >= 15 is 0 Å². The molecule has 0 amide bonds. The minimum absolute atomic E-state index is 0.112. The summed E-state index contributed by atoms with van der Waals surface area (Å²) in [5.74, 6) is 0. The Morgan fingerprint density at radius 2 is 2.06 bits per heavy atom. The fourth-order valence-corrected chi connectivity index (χ4v) is 1.39. The zero-order valence-corrected chi connectivity index (χ0v) is 10.3. The quantitative estimate of drug-likeness (QED) is 0.839. The average molecular weight is 218 g/mol. The second kappa shape index (κ2) is 5.04. The maximum atomic E-state index is 8.91. The molecule has 0 aromatic carbocycles. The van der Waals surface area contributed by atoms with E-state index in [2.05, 4.69) is 21.4 Å². The molecule has 4 nitrogen and oxygen atoms in total. The van der Waals surface area contributed by atoms with Gasteiger partial charge in [-0.05, 0) is 27.7 Å². The van der Waals surface area contributed by atoms with Crippen molar-refractivity contribution in [3.8, 4) is 6.07 Å². The molecule has 0 aliphatic heterocycles. The van der Waals surface area contributed by atoms with Crippen molar-refractivity contribution >= 4 is 0 Å². The SMILES string of the molecule is Cc1nccnc1C(C)NCC(C)(C)C#N. The molecule has 0 fully saturated rings. The van der Waals surface area contributed by atoms with Gasteiger partial charge in [0.2, 0.25) is 0 Å². The minimum Gasteiger partial charge on any atom is -0.307 e. The molecular weight excluding hydrogens is 200 g/mol. The minimum atomic E-state index is -0.357. The molecule has 1 atom stereocenters. The van der Waals surface area contributed by atoms with Gasteiger partial charge < -0.3 is 5.32 Å². The Labute approximate surface area is 96.7 Å². The summed E-state index contributed by atoms with van der Waals surface area (Å²) in [7, 11) is 0. The summed E-state index contributed by atoms with van der Waals surface area (Å²) in [5.41, 5.74) is 1.51. The highest BCUT2D eigenvalue weighted by Crippen LogP contribution is 2.16. The first-order valence-corrected chi connectivity index (χ1v) is 5.38. The van der Waals surface area contributed by atoms with Gasteiger partial charge in [-0.1, -0.05) is 0 Å². The zero-order valence-electron chi connectivity index (χ0n) is 10.3. The van der Waals surface area contributed by atoms with E-state index in [1.54, 1.807) is 12.4 Å². The number of hydrogen-bond donors (Lipinski definition) is 1. The zero-order chi connectivity index (χ0) is 12.2. The van der Waals surface area contributed by atoms with Gasteiger partial charge in [0, 0.05) is 25.0 Å². The van der Waals surface area contributed by atoms with Gasteiger partial charge in [-0.25, -0.2) is 0 Å². The Bertz CT molecular complexity index is 392. The van der Waals surface area contributed by atoms with Crippen LogP contribution in [0.4, 0.5) is 0 Å². The molecule has 0 radical (unpaired) electrons. The van der Waals surface area contributed by atoms with Crippen LogP contribution in [0.2, 0.25) is 0 Å². The molecule has 86 valence electrons. The number of nitrogens with zero attached hydrogens (tertiary/aromatic N) is 3. The predicted molar refractivity (Wildman–Crippen MR) is 62.6 cm³/mol. The van der Waals surface area contributed by atoms with Crippen molar-refractivity contribution in [2.24, 2.45) is 5.41 Å². The van der Waals surface area contributed by atoms with Crippen LogP contribution in [-0.4, -0.2) is 16.5 Å². The van der Waals surface area contributed by atoms with E-state index in [1.807, 2.05) is 27.7 Å². The first-order valence-electron chi connectivity index (χ1n) is 5.38. The molecule has 1 N–H and O–H groups in total. The fraction of sp³-hybridized carbons (Fsp3) is 0.583. The average Bonchev–Trinajstić information content (AvgIpc) is 2.27. The summed E-state index contributed by atoms with van der Waals surface area (Å²) in [5, 5.41) is 12.2. The van der Waals surface area contributed by atoms with E-state index in [9.17, 15) is 0 Å². The lowest BCUT2D eigenvalue weighted by molar-refractivity contribution is 0.411. The predicted octanol–water partition coefficient (Wildman–Crippen LogP) is 1.99. The molecule has 0 aliphatic carbocycles. The molecule has 1 rings (SSSR count). The van der Waals surface area contributed by atoms with Crippen molar-refractivity contribution < 1.29 is 0 Å². The first kappa shape index (κ1) is 12.6. The van der Waals surface area contributed by atoms with Crippen molar-refractivity contribution in [3.05, 3.63) is 23.8 Å². The van der Waals surface area contributed by atoms with Gasteiger partial charge in [0.05, 0.1) is 22.9 Å². The van der Waals surface area contributed by atoms with Crippen LogP contribution in [0, 0.1) is 23.7 Å². The number of nitriles is 1. The topological polar surface area (TPSA) is 61.6 Å². The summed E-state index contributed by atoms with van der Waals surface area (Å²) >= 11 is 0. The number of rotatable bonds is 4. The van der Waals surface area contributed by atoms with E-state index in [0.29, 0.717) is 6.54 Å². The third-order valence-corrected chi connectivity index (χ3v) is 2.48. The van der Waals surface area contributed by atoms with Crippen molar-refractivity contribution in [2.45, 2.75) is 33.7 Å². The maximum absolute atomic E-state index is 8.91. The van der Waals surface area contributed by atoms with Gasteiger partial charge in [-0.3, -0.25) is 9.97 Å². The summed E-state index contributed by atoms with van der Waals surface area (Å²) in [6.45, 7) is 8.44. The van der Waals surface area contributed by atoms with Crippen LogP contribution in [0.25, 0.3) is 0 Å². The normalized spacial score (nSPS) is 13.2. The van der Waals surface area contributed by atoms with Crippen molar-refractivity contribution in [1.29, 1.82) is 5.26 Å². The molecule has 1 aromatic rings. The van der Waals surface area contributed by atoms with E-state index in [1.165, 1.54) is 0 Å². The van der Waals surface area contributed by atoms with Gasteiger partial charge in [0.1, 0.15) is 0 Å². The lowest BCUT2D eigenvalue weighted by Crippen LogP contribution is -2.31. The lowest BCUT2D eigenvalue weighted by Gasteiger charge is -2.20. The van der Waals surface area contributed by atoms with Crippen molar-refractivity contribution in [1.82, 2.24) is 15.3 Å². The largest absolute Gasteiger partial charge is 0.307 e. The Hall–Kier alpha value is -1.47. The molecule has 0 aliphatic rings. The van der Waals surface area contributed by atoms with E-state index in [4.69, 9.17) is 5.26 Å². The maximum Gasteiger partial charge on any atom is 0.0782 e. The second-order valence-corrected chi connectivity index (χ2v) is 4.63. The Morgan fingerprint density at radius 3 is 2.62 bits per heavy atom. The van der Waals surface area contributed by atoms with Crippen LogP contribution in [0.1, 0.15) is 38.2 Å². The Morgan fingerprint density at radius 1 is 1.44 bits per heavy atom. The van der Waals surface area contributed by atoms with E-state index < -0.39 is 0 Å². The lowest BCUT2D eigenvalue weighted by atomic mass is 9.95. The third-order valence-electron chi connectivity index (χ3n) is 2.48. The molecule has 16 heavy (non-hydrogen) atoms. The van der Waals surface area contributed by atoms with Crippen LogP contribution in [0.3, 0.4) is 0 Å². The number of hydrogen-bond acceptors (Lipinski definition) is 4. The highest BCUT2D eigenvalue weighted by Gasteiger charge is 2.19. The monoisotopic (exact) mass is 218 g/mol. The van der Waals surface area contributed by atoms with Gasteiger partial charge in [-0.2, -0.15) is 5.26 Å². The van der Waals surface area contributed by atoms with Crippen LogP contribution in [0.15, 0.2) is 12.4 Å². The summed E-state index contributed by atoms with van der Waals surface area (Å²) in [4.78, 5) is 8.49. The van der Waals surface area contributed by atoms with Crippen molar-refractivity contribution in [2.75, 3.05) is 6.54 Å². The molecule has 0 bridgehead atoms. The first-order chi connectivity index (χ1) is 7.46. The van der Waals surface area contributed by atoms with Gasteiger partial charge >= 0.3 is 0 Å². The molecule has 0 saturated heterocycles. The molecule has 4 heteroatoms. The summed E-state index contributed by atoms with van der Waals surface area (Å²) < 4.78 is 0. The van der Waals surface area contributed by atoms with Crippen LogP contribution in [-0.2, 0) is 0 Å². The van der Waals surface area contributed by atoms with Crippen LogP contribution < -0.4 is 5.32 Å². The molecular formula is C12H18N4. The number of aryl methyl sites for hydroxylation is 1. The standard InChI is InChI=1S/C12H18N4/c1-9-11(15-6-5-14-9)10(2)16-8-12(3,4)7-13/h5-6,10,16H,8H2,1-4H3. The number of nitrogens with one attached hydrogen (secondary N) is 1. The van der Waals surface area contributed by atoms with Crippen LogP contribution in [0.5, 0.6) is 0 Å². The van der Waals surface area contributed by atoms with Crippen LogP contribution >= 0.6 is 0 Å². The fourth-order valence-electron chi connectivity index (χ4n) is 1.39. The molecule has 1 aromatic heterocycles. The molecule has 1 unspecified atom stereocenters. The molecule has 0 spiro atoms. The Kier molecular flexibility index (Phi) is 3.97. The van der Waals surface area contributed by atoms with Gasteiger partial charge in [0.15, 0.2) is 0 Å². The van der Waals surface area contributed by atoms with Gasteiger partial charge in [-0.15, -0.1) is 0 Å². The third kappa shape index (κ3) is 3.28. The second-order valence-electron chi connectivity index (χ2n) is 4.63. The molecule has 0 saturated carbocycles. The number of aromatic nitrogens is 2. The Balaban J connectivity index is 2.64. The van der Waals surface area contributed by atoms with E-state index in [0.717, 1.165) is 11.4 Å². The van der Waals surface area contributed by atoms with Gasteiger partial charge in [0.25, 0.3) is 0 Å². The summed E-state index contributed by atoms with van der Waals surface area (Å²) in [6, 6.07) is 2.38. The smallest absolute Gasteiger partial charge is 0.0782 e. The highest BCUT2D eigenvalue weighted by molar-refractivity contribution is 5.12. The highest BCUT2D eigenvalue weighted by atomic mass is 15.0.